The Kier molecular flexibility index (Phi) is 9.59. The number of benzene rings is 3. The molecular formula is C33H38N2O7. The van der Waals surface area contributed by atoms with E-state index in [1.165, 1.54) is 25.0 Å². The third-order valence-corrected chi connectivity index (χ3v) is 8.28. The van der Waals surface area contributed by atoms with Crippen LogP contribution in [0.25, 0.3) is 0 Å². The highest BCUT2D eigenvalue weighted by atomic mass is 16.6. The standard InChI is InChI=1S/C33H38N2O7/c1-39-31-16-11-25(19-32(31)40-2)30-21-29(20-27-5-3-4-18-34(27)30)42-33(36)17-10-23-8-14-28(15-9-23)41-22-24-6-12-26(13-7-24)35(37)38/h6-9,11-16,19,27,29-30H,3-5,10,17-18,20-22H2,1-2H3/t27-,29-,30-/m0/s1. The van der Waals surface area contributed by atoms with E-state index in [1.807, 2.05) is 30.3 Å². The van der Waals surface area contributed by atoms with Crippen LogP contribution in [-0.4, -0.2) is 48.7 Å². The van der Waals surface area contributed by atoms with E-state index in [-0.39, 0.29) is 23.8 Å². The van der Waals surface area contributed by atoms with Gasteiger partial charge in [-0.2, -0.15) is 0 Å². The molecule has 0 spiro atoms. The number of carbonyl (C=O) groups is 1. The van der Waals surface area contributed by atoms with Gasteiger partial charge in [-0.1, -0.05) is 24.6 Å². The van der Waals surface area contributed by atoms with E-state index in [0.717, 1.165) is 42.5 Å². The molecule has 9 heteroatoms. The molecule has 3 aromatic rings. The van der Waals surface area contributed by atoms with Gasteiger partial charge >= 0.3 is 5.97 Å². The number of nitrogens with zero attached hydrogens (tertiary/aromatic N) is 2. The molecule has 0 saturated carbocycles. The summed E-state index contributed by atoms with van der Waals surface area (Å²) in [5.74, 6) is 1.94. The van der Waals surface area contributed by atoms with Gasteiger partial charge in [0.25, 0.3) is 5.69 Å². The Hall–Kier alpha value is -4.11. The van der Waals surface area contributed by atoms with E-state index in [2.05, 4.69) is 17.0 Å². The van der Waals surface area contributed by atoms with Crippen LogP contribution < -0.4 is 14.2 Å². The molecule has 0 amide bonds. The van der Waals surface area contributed by atoms with Crippen molar-refractivity contribution in [2.24, 2.45) is 0 Å². The number of ether oxygens (including phenoxy) is 4. The van der Waals surface area contributed by atoms with Crippen molar-refractivity contribution in [3.05, 3.63) is 93.5 Å². The molecule has 0 aliphatic carbocycles. The Morgan fingerprint density at radius 3 is 2.38 bits per heavy atom. The second-order valence-electron chi connectivity index (χ2n) is 11.0. The minimum Gasteiger partial charge on any atom is -0.493 e. The summed E-state index contributed by atoms with van der Waals surface area (Å²) in [6.45, 7) is 1.37. The van der Waals surface area contributed by atoms with Crippen LogP contribution >= 0.6 is 0 Å². The summed E-state index contributed by atoms with van der Waals surface area (Å²) in [6.07, 6.45) is 5.92. The predicted octanol–water partition coefficient (Wildman–Crippen LogP) is 6.43. The zero-order chi connectivity index (χ0) is 29.5. The summed E-state index contributed by atoms with van der Waals surface area (Å²) >= 11 is 0. The lowest BCUT2D eigenvalue weighted by molar-refractivity contribution is -0.384. The predicted molar refractivity (Wildman–Crippen MR) is 158 cm³/mol. The lowest BCUT2D eigenvalue weighted by Gasteiger charge is -2.47. The van der Waals surface area contributed by atoms with Crippen LogP contribution in [0, 0.1) is 10.1 Å². The van der Waals surface area contributed by atoms with Crippen LogP contribution in [0.1, 0.15) is 61.3 Å². The Labute approximate surface area is 246 Å². The van der Waals surface area contributed by atoms with Gasteiger partial charge in [-0.15, -0.1) is 0 Å². The van der Waals surface area contributed by atoms with Crippen LogP contribution in [-0.2, 0) is 22.6 Å². The first-order valence-electron chi connectivity index (χ1n) is 14.6. The first kappa shape index (κ1) is 29.4. The molecule has 0 unspecified atom stereocenters. The van der Waals surface area contributed by atoms with Crippen molar-refractivity contribution >= 4 is 11.7 Å². The largest absolute Gasteiger partial charge is 0.493 e. The van der Waals surface area contributed by atoms with Gasteiger partial charge in [-0.3, -0.25) is 19.8 Å². The molecule has 0 N–H and O–H groups in total. The molecule has 2 saturated heterocycles. The quantitative estimate of drug-likeness (QED) is 0.147. The van der Waals surface area contributed by atoms with Crippen molar-refractivity contribution in [3.8, 4) is 17.2 Å². The minimum atomic E-state index is -0.421. The Morgan fingerprint density at radius 1 is 0.929 bits per heavy atom. The third-order valence-electron chi connectivity index (χ3n) is 8.28. The minimum absolute atomic E-state index is 0.0544. The number of fused-ring (bicyclic) bond motifs is 1. The molecule has 5 rings (SSSR count). The molecule has 222 valence electrons. The summed E-state index contributed by atoms with van der Waals surface area (Å²) in [5, 5.41) is 10.8. The number of nitro benzene ring substituents is 1. The number of non-ortho nitro benzene ring substituents is 1. The maximum atomic E-state index is 12.9. The van der Waals surface area contributed by atoms with E-state index in [4.69, 9.17) is 18.9 Å². The van der Waals surface area contributed by atoms with Crippen molar-refractivity contribution in [2.45, 2.75) is 69.7 Å². The molecule has 0 aromatic heterocycles. The second-order valence-corrected chi connectivity index (χ2v) is 11.0. The van der Waals surface area contributed by atoms with Gasteiger partial charge in [0.1, 0.15) is 18.5 Å². The van der Waals surface area contributed by atoms with Crippen molar-refractivity contribution in [2.75, 3.05) is 20.8 Å². The third kappa shape index (κ3) is 7.20. The molecular weight excluding hydrogens is 536 g/mol. The Morgan fingerprint density at radius 2 is 1.67 bits per heavy atom. The number of piperidine rings is 2. The summed E-state index contributed by atoms with van der Waals surface area (Å²) in [6, 6.07) is 20.6. The van der Waals surface area contributed by atoms with Crippen LogP contribution in [0.5, 0.6) is 17.2 Å². The van der Waals surface area contributed by atoms with Crippen molar-refractivity contribution in [3.63, 3.8) is 0 Å². The fourth-order valence-electron chi connectivity index (χ4n) is 6.08. The molecule has 3 atom stereocenters. The monoisotopic (exact) mass is 574 g/mol. The highest BCUT2D eigenvalue weighted by Gasteiger charge is 2.39. The Balaban J connectivity index is 1.14. The highest BCUT2D eigenvalue weighted by Crippen LogP contribution is 2.42. The number of hydrogen-bond donors (Lipinski definition) is 0. The fourth-order valence-corrected chi connectivity index (χ4v) is 6.08. The van der Waals surface area contributed by atoms with Gasteiger partial charge in [0, 0.05) is 43.5 Å². The summed E-state index contributed by atoms with van der Waals surface area (Å²) in [4.78, 5) is 25.9. The van der Waals surface area contributed by atoms with Gasteiger partial charge in [0.15, 0.2) is 11.5 Å². The van der Waals surface area contributed by atoms with Crippen LogP contribution in [0.3, 0.4) is 0 Å². The van der Waals surface area contributed by atoms with Crippen LogP contribution in [0.4, 0.5) is 5.69 Å². The number of rotatable bonds is 11. The normalized spacial score (nSPS) is 20.3. The smallest absolute Gasteiger partial charge is 0.306 e. The average molecular weight is 575 g/mol. The molecule has 0 radical (unpaired) electrons. The van der Waals surface area contributed by atoms with Gasteiger partial charge in [0.2, 0.25) is 0 Å². The molecule has 9 nitrogen and oxygen atoms in total. The molecule has 3 aromatic carbocycles. The summed E-state index contributed by atoms with van der Waals surface area (Å²) in [7, 11) is 3.29. The number of aryl methyl sites for hydroxylation is 1. The SMILES string of the molecule is COc1ccc([C@@H]2C[C@@H](OC(=O)CCc3ccc(OCc4ccc([N+](=O)[O-])cc4)cc3)C[C@@H]3CCCCN32)cc1OC. The molecule has 42 heavy (non-hydrogen) atoms. The lowest BCUT2D eigenvalue weighted by atomic mass is 9.84. The van der Waals surface area contributed by atoms with Crippen LogP contribution in [0.2, 0.25) is 0 Å². The van der Waals surface area contributed by atoms with Crippen molar-refractivity contribution in [1.29, 1.82) is 0 Å². The molecule has 2 heterocycles. The van der Waals surface area contributed by atoms with E-state index in [0.29, 0.717) is 42.7 Å². The zero-order valence-corrected chi connectivity index (χ0v) is 24.2. The van der Waals surface area contributed by atoms with E-state index >= 15 is 0 Å². The number of nitro groups is 1. The highest BCUT2D eigenvalue weighted by molar-refractivity contribution is 5.70. The van der Waals surface area contributed by atoms with Gasteiger partial charge in [0.05, 0.1) is 19.1 Å². The molecule has 2 fully saturated rings. The second kappa shape index (κ2) is 13.7. The topological polar surface area (TPSA) is 100 Å². The summed E-state index contributed by atoms with van der Waals surface area (Å²) < 4.78 is 22.9. The number of methoxy groups -OCH3 is 2. The first-order valence-corrected chi connectivity index (χ1v) is 14.6. The van der Waals surface area contributed by atoms with Gasteiger partial charge in [-0.25, -0.2) is 0 Å². The molecule has 2 aliphatic rings. The van der Waals surface area contributed by atoms with E-state index in [9.17, 15) is 14.9 Å². The maximum Gasteiger partial charge on any atom is 0.306 e. The maximum absolute atomic E-state index is 12.9. The lowest BCUT2D eigenvalue weighted by Crippen LogP contribution is -2.49. The molecule has 0 bridgehead atoms. The van der Waals surface area contributed by atoms with Crippen LogP contribution in [0.15, 0.2) is 66.7 Å². The summed E-state index contributed by atoms with van der Waals surface area (Å²) in [5.41, 5.74) is 3.09. The van der Waals surface area contributed by atoms with E-state index < -0.39 is 4.92 Å². The average Bonchev–Trinajstić information content (AvgIpc) is 3.02. The van der Waals surface area contributed by atoms with Gasteiger partial charge < -0.3 is 18.9 Å². The molecule has 2 aliphatic heterocycles. The van der Waals surface area contributed by atoms with Crippen molar-refractivity contribution < 1.29 is 28.7 Å². The first-order chi connectivity index (χ1) is 20.4. The zero-order valence-electron chi connectivity index (χ0n) is 24.2. The number of hydrogen-bond acceptors (Lipinski definition) is 8. The Bertz CT molecular complexity index is 1360. The number of esters is 1. The van der Waals surface area contributed by atoms with Gasteiger partial charge in [-0.05, 0) is 78.9 Å². The van der Waals surface area contributed by atoms with Crippen molar-refractivity contribution in [1.82, 2.24) is 4.90 Å². The number of carbonyl (C=O) groups excluding carboxylic acids is 1. The van der Waals surface area contributed by atoms with E-state index in [1.54, 1.807) is 26.4 Å². The fraction of sp³-hybridized carbons (Fsp3) is 0.424.